The highest BCUT2D eigenvalue weighted by atomic mass is 16.2. The third-order valence-electron chi connectivity index (χ3n) is 3.43. The second-order valence-corrected chi connectivity index (χ2v) is 4.87. The second kappa shape index (κ2) is 4.39. The maximum Gasteiger partial charge on any atom is 0.317 e. The van der Waals surface area contributed by atoms with Crippen LogP contribution in [0.4, 0.5) is 4.79 Å². The smallest absolute Gasteiger partial charge is 0.317 e. The van der Waals surface area contributed by atoms with Gasteiger partial charge in [0.15, 0.2) is 0 Å². The van der Waals surface area contributed by atoms with Gasteiger partial charge in [-0.2, -0.15) is 0 Å². The maximum atomic E-state index is 11.6. The fourth-order valence-electron chi connectivity index (χ4n) is 2.55. The van der Waals surface area contributed by atoms with E-state index in [2.05, 4.69) is 17.6 Å². The number of rotatable bonds is 2. The minimum atomic E-state index is 0.119. The van der Waals surface area contributed by atoms with Gasteiger partial charge in [0.2, 0.25) is 0 Å². The SMILES string of the molecule is CCCNC(=O)N1CC2(CCCNC2)C1. The highest BCUT2D eigenvalue weighted by Gasteiger charge is 2.45. The van der Waals surface area contributed by atoms with Crippen LogP contribution in [-0.2, 0) is 0 Å². The number of hydrogen-bond acceptors (Lipinski definition) is 2. The van der Waals surface area contributed by atoms with Crippen LogP contribution in [0.2, 0.25) is 0 Å². The Bertz CT molecular complexity index is 228. The van der Waals surface area contributed by atoms with Crippen LogP contribution in [0.1, 0.15) is 26.2 Å². The Morgan fingerprint density at radius 1 is 1.53 bits per heavy atom. The first-order chi connectivity index (χ1) is 7.26. The number of hydrogen-bond donors (Lipinski definition) is 2. The van der Waals surface area contributed by atoms with E-state index in [1.54, 1.807) is 0 Å². The number of piperidine rings is 1. The molecular weight excluding hydrogens is 190 g/mol. The van der Waals surface area contributed by atoms with Crippen molar-refractivity contribution in [1.82, 2.24) is 15.5 Å². The Balaban J connectivity index is 1.74. The third kappa shape index (κ3) is 2.25. The van der Waals surface area contributed by atoms with E-state index in [1.807, 2.05) is 4.90 Å². The van der Waals surface area contributed by atoms with Gasteiger partial charge in [-0.15, -0.1) is 0 Å². The molecule has 0 atom stereocenters. The van der Waals surface area contributed by atoms with E-state index in [-0.39, 0.29) is 6.03 Å². The van der Waals surface area contributed by atoms with Gasteiger partial charge < -0.3 is 15.5 Å². The monoisotopic (exact) mass is 211 g/mol. The number of amides is 2. The van der Waals surface area contributed by atoms with Crippen molar-refractivity contribution < 1.29 is 4.79 Å². The van der Waals surface area contributed by atoms with Crippen LogP contribution in [0, 0.1) is 5.41 Å². The molecule has 2 amide bonds. The van der Waals surface area contributed by atoms with E-state index in [0.29, 0.717) is 5.41 Å². The average Bonchev–Trinajstić information content (AvgIpc) is 2.23. The first-order valence-corrected chi connectivity index (χ1v) is 5.99. The third-order valence-corrected chi connectivity index (χ3v) is 3.43. The van der Waals surface area contributed by atoms with Crippen molar-refractivity contribution in [2.45, 2.75) is 26.2 Å². The Labute approximate surface area is 91.4 Å². The van der Waals surface area contributed by atoms with E-state index in [4.69, 9.17) is 0 Å². The van der Waals surface area contributed by atoms with Crippen molar-refractivity contribution >= 4 is 6.03 Å². The fraction of sp³-hybridized carbons (Fsp3) is 0.909. The van der Waals surface area contributed by atoms with Gasteiger partial charge >= 0.3 is 6.03 Å². The number of carbonyl (C=O) groups is 1. The predicted molar refractivity (Wildman–Crippen MR) is 59.8 cm³/mol. The van der Waals surface area contributed by atoms with E-state index in [0.717, 1.165) is 39.1 Å². The molecule has 2 heterocycles. The molecule has 0 bridgehead atoms. The first kappa shape index (κ1) is 10.7. The molecule has 1 spiro atoms. The lowest BCUT2D eigenvalue weighted by Gasteiger charge is -2.52. The van der Waals surface area contributed by atoms with Crippen LogP contribution in [0.15, 0.2) is 0 Å². The molecule has 0 unspecified atom stereocenters. The van der Waals surface area contributed by atoms with Crippen molar-refractivity contribution in [1.29, 1.82) is 0 Å². The molecule has 15 heavy (non-hydrogen) atoms. The van der Waals surface area contributed by atoms with E-state index in [9.17, 15) is 4.79 Å². The molecule has 4 heteroatoms. The van der Waals surface area contributed by atoms with E-state index in [1.165, 1.54) is 12.8 Å². The molecule has 0 aliphatic carbocycles. The summed E-state index contributed by atoms with van der Waals surface area (Å²) in [6.45, 7) is 6.98. The summed E-state index contributed by atoms with van der Waals surface area (Å²) in [4.78, 5) is 13.5. The van der Waals surface area contributed by atoms with Crippen molar-refractivity contribution in [2.75, 3.05) is 32.7 Å². The molecule has 2 aliphatic rings. The van der Waals surface area contributed by atoms with Crippen molar-refractivity contribution in [2.24, 2.45) is 5.41 Å². The summed E-state index contributed by atoms with van der Waals surface area (Å²) < 4.78 is 0. The van der Waals surface area contributed by atoms with Crippen molar-refractivity contribution in [3.8, 4) is 0 Å². The minimum Gasteiger partial charge on any atom is -0.338 e. The van der Waals surface area contributed by atoms with Gasteiger partial charge in [-0.05, 0) is 25.8 Å². The maximum absolute atomic E-state index is 11.6. The Morgan fingerprint density at radius 3 is 2.93 bits per heavy atom. The zero-order valence-electron chi connectivity index (χ0n) is 9.51. The highest BCUT2D eigenvalue weighted by molar-refractivity contribution is 5.75. The molecule has 2 rings (SSSR count). The van der Waals surface area contributed by atoms with E-state index < -0.39 is 0 Å². The second-order valence-electron chi connectivity index (χ2n) is 4.87. The Hall–Kier alpha value is -0.770. The summed E-state index contributed by atoms with van der Waals surface area (Å²) in [7, 11) is 0. The summed E-state index contributed by atoms with van der Waals surface area (Å²) in [5.41, 5.74) is 0.405. The minimum absolute atomic E-state index is 0.119. The van der Waals surface area contributed by atoms with E-state index >= 15 is 0 Å². The molecule has 4 nitrogen and oxygen atoms in total. The number of urea groups is 1. The van der Waals surface area contributed by atoms with Gasteiger partial charge in [0.25, 0.3) is 0 Å². The average molecular weight is 211 g/mol. The van der Waals surface area contributed by atoms with Crippen molar-refractivity contribution in [3.63, 3.8) is 0 Å². The zero-order chi connectivity index (χ0) is 10.7. The molecule has 0 aromatic heterocycles. The normalized spacial score (nSPS) is 23.7. The molecule has 0 saturated carbocycles. The lowest BCUT2D eigenvalue weighted by molar-refractivity contribution is 0.0118. The van der Waals surface area contributed by atoms with Gasteiger partial charge in [-0.25, -0.2) is 4.79 Å². The van der Waals surface area contributed by atoms with Crippen LogP contribution < -0.4 is 10.6 Å². The molecule has 2 aliphatic heterocycles. The molecule has 2 saturated heterocycles. The summed E-state index contributed by atoms with van der Waals surface area (Å²) in [5, 5.41) is 6.34. The summed E-state index contributed by atoms with van der Waals surface area (Å²) >= 11 is 0. The van der Waals surface area contributed by atoms with Crippen LogP contribution in [-0.4, -0.2) is 43.7 Å². The Morgan fingerprint density at radius 2 is 2.33 bits per heavy atom. The largest absolute Gasteiger partial charge is 0.338 e. The van der Waals surface area contributed by atoms with Crippen LogP contribution in [0.25, 0.3) is 0 Å². The van der Waals surface area contributed by atoms with Gasteiger partial charge in [0.1, 0.15) is 0 Å². The van der Waals surface area contributed by atoms with Gasteiger partial charge in [0.05, 0.1) is 0 Å². The van der Waals surface area contributed by atoms with Crippen LogP contribution >= 0.6 is 0 Å². The highest BCUT2D eigenvalue weighted by Crippen LogP contribution is 2.36. The number of nitrogens with one attached hydrogen (secondary N) is 2. The molecule has 2 fully saturated rings. The number of carbonyl (C=O) groups excluding carboxylic acids is 1. The summed E-state index contributed by atoms with van der Waals surface area (Å²) in [6.07, 6.45) is 3.54. The van der Waals surface area contributed by atoms with Gasteiger partial charge in [-0.1, -0.05) is 6.92 Å². The van der Waals surface area contributed by atoms with Crippen molar-refractivity contribution in [3.05, 3.63) is 0 Å². The molecule has 0 aromatic carbocycles. The lowest BCUT2D eigenvalue weighted by atomic mass is 9.74. The lowest BCUT2D eigenvalue weighted by Crippen LogP contribution is -2.65. The Kier molecular flexibility index (Phi) is 3.14. The fourth-order valence-corrected chi connectivity index (χ4v) is 2.55. The standard InChI is InChI=1S/C11H21N3O/c1-2-5-13-10(15)14-8-11(9-14)4-3-6-12-7-11/h12H,2-9H2,1H3,(H,13,15). The quantitative estimate of drug-likeness (QED) is 0.709. The number of nitrogens with zero attached hydrogens (tertiary/aromatic N) is 1. The topological polar surface area (TPSA) is 44.4 Å². The first-order valence-electron chi connectivity index (χ1n) is 5.99. The number of likely N-dealkylation sites (tertiary alicyclic amines) is 1. The van der Waals surface area contributed by atoms with Crippen LogP contribution in [0.3, 0.4) is 0 Å². The summed E-state index contributed by atoms with van der Waals surface area (Å²) in [6, 6.07) is 0.119. The van der Waals surface area contributed by atoms with Gasteiger partial charge in [-0.3, -0.25) is 0 Å². The molecule has 0 radical (unpaired) electrons. The predicted octanol–water partition coefficient (Wildman–Crippen LogP) is 0.791. The molecular formula is C11H21N3O. The van der Waals surface area contributed by atoms with Crippen LogP contribution in [0.5, 0.6) is 0 Å². The molecule has 86 valence electrons. The summed E-state index contributed by atoms with van der Waals surface area (Å²) in [5.74, 6) is 0. The molecule has 0 aromatic rings. The molecule has 2 N–H and O–H groups in total. The zero-order valence-corrected chi connectivity index (χ0v) is 9.51. The van der Waals surface area contributed by atoms with Gasteiger partial charge in [0, 0.05) is 31.6 Å².